The summed E-state index contributed by atoms with van der Waals surface area (Å²) in [5, 5.41) is 0. The van der Waals surface area contributed by atoms with Gasteiger partial charge in [-0.15, -0.1) is 0 Å². The summed E-state index contributed by atoms with van der Waals surface area (Å²) in [5.74, 6) is -0.530. The van der Waals surface area contributed by atoms with Gasteiger partial charge >= 0.3 is 0 Å². The number of carbonyl (C=O) groups is 2. The van der Waals surface area contributed by atoms with Crippen molar-refractivity contribution in [2.45, 2.75) is 37.4 Å². The Labute approximate surface area is 159 Å². The molecule has 5 heterocycles. The molecule has 27 heavy (non-hydrogen) atoms. The van der Waals surface area contributed by atoms with E-state index in [9.17, 15) is 9.59 Å². The van der Waals surface area contributed by atoms with Crippen LogP contribution in [0.15, 0.2) is 36.7 Å². The Hall–Kier alpha value is -2.21. The number of amides is 2. The average Bonchev–Trinajstić information content (AvgIpc) is 3.35. The van der Waals surface area contributed by atoms with Crippen LogP contribution in [0, 0.1) is 11.8 Å². The van der Waals surface area contributed by atoms with Crippen molar-refractivity contribution in [2.75, 3.05) is 26.2 Å². The van der Waals surface area contributed by atoms with Gasteiger partial charge in [0, 0.05) is 32.0 Å². The maximum Gasteiger partial charge on any atom is 0.230 e. The molecule has 1 spiro atoms. The molecule has 0 aliphatic carbocycles. The van der Waals surface area contributed by atoms with Gasteiger partial charge in [0.2, 0.25) is 11.8 Å². The number of aromatic nitrogens is 1. The van der Waals surface area contributed by atoms with Gasteiger partial charge in [-0.05, 0) is 43.4 Å². The molecule has 0 radical (unpaired) electrons. The van der Waals surface area contributed by atoms with Gasteiger partial charge in [-0.2, -0.15) is 0 Å². The molecule has 1 aromatic heterocycles. The summed E-state index contributed by atoms with van der Waals surface area (Å²) in [6.07, 6.45) is 11.4. The van der Waals surface area contributed by atoms with Crippen molar-refractivity contribution in [2.24, 2.45) is 11.8 Å². The minimum absolute atomic E-state index is 0.0752. The zero-order valence-corrected chi connectivity index (χ0v) is 15.4. The van der Waals surface area contributed by atoms with Gasteiger partial charge in [0.05, 0.1) is 24.5 Å². The highest BCUT2D eigenvalue weighted by Gasteiger charge is 2.67. The van der Waals surface area contributed by atoms with Crippen molar-refractivity contribution in [3.8, 4) is 0 Å². The lowest BCUT2D eigenvalue weighted by molar-refractivity contribution is -0.143. The van der Waals surface area contributed by atoms with Crippen LogP contribution in [0.4, 0.5) is 0 Å². The first-order chi connectivity index (χ1) is 13.2. The number of likely N-dealkylation sites (tertiary alicyclic amines) is 2. The molecule has 4 aliphatic rings. The van der Waals surface area contributed by atoms with E-state index in [0.717, 1.165) is 37.9 Å². The fourth-order valence-corrected chi connectivity index (χ4v) is 5.19. The summed E-state index contributed by atoms with van der Waals surface area (Å²) < 4.78 is 6.23. The maximum absolute atomic E-state index is 13.2. The van der Waals surface area contributed by atoms with E-state index in [0.29, 0.717) is 13.1 Å². The number of nitrogens with zero attached hydrogens (tertiary/aromatic N) is 3. The van der Waals surface area contributed by atoms with Gasteiger partial charge < -0.3 is 14.5 Å². The predicted octanol–water partition coefficient (Wildman–Crippen LogP) is 1.42. The SMILES string of the molecule is O=C([C@@H]1[C@@H]2C=C[C@@]3(CN(CCc4ccncc4)C(=O)[C@H]13)O2)N1CCCCC1. The average molecular weight is 367 g/mol. The van der Waals surface area contributed by atoms with Crippen LogP contribution in [0.1, 0.15) is 24.8 Å². The van der Waals surface area contributed by atoms with Crippen LogP contribution >= 0.6 is 0 Å². The summed E-state index contributed by atoms with van der Waals surface area (Å²) in [6.45, 7) is 2.82. The highest BCUT2D eigenvalue weighted by molar-refractivity contribution is 5.93. The second-order valence-corrected chi connectivity index (χ2v) is 8.15. The second-order valence-electron chi connectivity index (χ2n) is 8.15. The molecule has 3 saturated heterocycles. The molecule has 4 aliphatic heterocycles. The summed E-state index contributed by atoms with van der Waals surface area (Å²) in [5.41, 5.74) is 0.560. The quantitative estimate of drug-likeness (QED) is 0.755. The first kappa shape index (κ1) is 16.9. The van der Waals surface area contributed by atoms with E-state index in [2.05, 4.69) is 4.98 Å². The zero-order chi connectivity index (χ0) is 18.4. The molecule has 6 heteroatoms. The Bertz CT molecular complexity index is 774. The van der Waals surface area contributed by atoms with Crippen LogP contribution < -0.4 is 0 Å². The van der Waals surface area contributed by atoms with E-state index in [4.69, 9.17) is 4.74 Å². The van der Waals surface area contributed by atoms with E-state index in [1.165, 1.54) is 6.42 Å². The van der Waals surface area contributed by atoms with Crippen molar-refractivity contribution in [1.82, 2.24) is 14.8 Å². The number of piperidine rings is 1. The minimum Gasteiger partial charge on any atom is -0.360 e. The molecule has 3 fully saturated rings. The molecule has 0 unspecified atom stereocenters. The standard InChI is InChI=1S/C21H25N3O3/c25-19(23-11-2-1-3-12-23)17-16-4-8-21(27-16)14-24(20(26)18(17)21)13-7-15-5-9-22-10-6-15/h4-6,8-10,16-18H,1-3,7,11-14H2/t16-,17+,18-,21-/m0/s1. The summed E-state index contributed by atoms with van der Waals surface area (Å²) >= 11 is 0. The number of ether oxygens (including phenoxy) is 1. The third-order valence-electron chi connectivity index (χ3n) is 6.55. The van der Waals surface area contributed by atoms with E-state index in [-0.39, 0.29) is 29.8 Å². The van der Waals surface area contributed by atoms with Crippen LogP contribution in [0.25, 0.3) is 0 Å². The van der Waals surface area contributed by atoms with Crippen LogP contribution in [0.5, 0.6) is 0 Å². The van der Waals surface area contributed by atoms with Crippen molar-refractivity contribution in [3.05, 3.63) is 42.2 Å². The Morgan fingerprint density at radius 2 is 2.00 bits per heavy atom. The minimum atomic E-state index is -0.601. The molecule has 142 valence electrons. The molecular formula is C21H25N3O3. The smallest absolute Gasteiger partial charge is 0.230 e. The second kappa shape index (κ2) is 6.44. The van der Waals surface area contributed by atoms with E-state index >= 15 is 0 Å². The molecule has 6 nitrogen and oxygen atoms in total. The summed E-state index contributed by atoms with van der Waals surface area (Å²) in [7, 11) is 0. The molecule has 4 atom stereocenters. The number of hydrogen-bond acceptors (Lipinski definition) is 4. The maximum atomic E-state index is 13.2. The third-order valence-corrected chi connectivity index (χ3v) is 6.55. The van der Waals surface area contributed by atoms with Crippen molar-refractivity contribution in [3.63, 3.8) is 0 Å². The van der Waals surface area contributed by atoms with Gasteiger partial charge in [-0.25, -0.2) is 0 Å². The fourth-order valence-electron chi connectivity index (χ4n) is 5.19. The normalized spacial score (nSPS) is 34.4. The monoisotopic (exact) mass is 367 g/mol. The lowest BCUT2D eigenvalue weighted by Gasteiger charge is -2.32. The largest absolute Gasteiger partial charge is 0.360 e. The van der Waals surface area contributed by atoms with E-state index in [1.54, 1.807) is 12.4 Å². The molecular weight excluding hydrogens is 342 g/mol. The van der Waals surface area contributed by atoms with Crippen molar-refractivity contribution in [1.29, 1.82) is 0 Å². The molecule has 0 N–H and O–H groups in total. The number of pyridine rings is 1. The third kappa shape index (κ3) is 2.69. The van der Waals surface area contributed by atoms with Crippen LogP contribution in [-0.2, 0) is 20.7 Å². The Kier molecular flexibility index (Phi) is 4.04. The topological polar surface area (TPSA) is 62.7 Å². The van der Waals surface area contributed by atoms with E-state index < -0.39 is 5.60 Å². The Morgan fingerprint density at radius 3 is 2.78 bits per heavy atom. The van der Waals surface area contributed by atoms with E-state index in [1.807, 2.05) is 34.1 Å². The van der Waals surface area contributed by atoms with Crippen LogP contribution in [0.2, 0.25) is 0 Å². The molecule has 5 rings (SSSR count). The first-order valence-corrected chi connectivity index (χ1v) is 10.0. The van der Waals surface area contributed by atoms with Gasteiger partial charge in [-0.3, -0.25) is 14.6 Å². The lowest BCUT2D eigenvalue weighted by Crippen LogP contribution is -2.47. The van der Waals surface area contributed by atoms with Gasteiger partial charge in [0.25, 0.3) is 0 Å². The molecule has 2 bridgehead atoms. The van der Waals surface area contributed by atoms with Crippen molar-refractivity contribution >= 4 is 11.8 Å². The van der Waals surface area contributed by atoms with Crippen LogP contribution in [0.3, 0.4) is 0 Å². The van der Waals surface area contributed by atoms with Gasteiger partial charge in [0.1, 0.15) is 5.60 Å². The predicted molar refractivity (Wildman–Crippen MR) is 98.7 cm³/mol. The lowest BCUT2D eigenvalue weighted by atomic mass is 9.76. The fraction of sp³-hybridized carbons (Fsp3) is 0.571. The number of fused-ring (bicyclic) bond motifs is 1. The zero-order valence-electron chi connectivity index (χ0n) is 15.4. The van der Waals surface area contributed by atoms with Gasteiger partial charge in [-0.1, -0.05) is 12.2 Å². The highest BCUT2D eigenvalue weighted by atomic mass is 16.5. The number of hydrogen-bond donors (Lipinski definition) is 0. The van der Waals surface area contributed by atoms with Crippen LogP contribution in [-0.4, -0.2) is 64.5 Å². The molecule has 0 saturated carbocycles. The Balaban J connectivity index is 1.33. The molecule has 0 aromatic carbocycles. The van der Waals surface area contributed by atoms with Gasteiger partial charge in [0.15, 0.2) is 0 Å². The first-order valence-electron chi connectivity index (χ1n) is 10.0. The summed E-state index contributed by atoms with van der Waals surface area (Å²) in [4.78, 5) is 34.3. The molecule has 2 amide bonds. The van der Waals surface area contributed by atoms with Crippen molar-refractivity contribution < 1.29 is 14.3 Å². The highest BCUT2D eigenvalue weighted by Crippen LogP contribution is 2.52. The Morgan fingerprint density at radius 1 is 1.22 bits per heavy atom. The number of carbonyl (C=O) groups excluding carboxylic acids is 2. The number of rotatable bonds is 4. The molecule has 1 aromatic rings. The summed E-state index contributed by atoms with van der Waals surface area (Å²) in [6, 6.07) is 3.95.